The molecule has 0 amide bonds. The highest BCUT2D eigenvalue weighted by molar-refractivity contribution is 6.29. The highest BCUT2D eigenvalue weighted by Crippen LogP contribution is 2.19. The van der Waals surface area contributed by atoms with E-state index in [1.807, 2.05) is 24.3 Å². The van der Waals surface area contributed by atoms with Crippen LogP contribution in [0.3, 0.4) is 0 Å². The second-order valence-electron chi connectivity index (χ2n) is 2.67. The molecule has 0 saturated heterocycles. The molecule has 0 aliphatic carbocycles. The predicted octanol–water partition coefficient (Wildman–Crippen LogP) is 1.92. The van der Waals surface area contributed by atoms with Gasteiger partial charge in [-0.15, -0.1) is 0 Å². The summed E-state index contributed by atoms with van der Waals surface area (Å²) in [5.41, 5.74) is 7.10. The summed E-state index contributed by atoms with van der Waals surface area (Å²) < 4.78 is 0. The van der Waals surface area contributed by atoms with Crippen LogP contribution < -0.4 is 10.9 Å². The Balaban J connectivity index is 2.22. The normalized spacial score (nSPS) is 21.8. The van der Waals surface area contributed by atoms with Crippen molar-refractivity contribution in [3.8, 4) is 0 Å². The van der Waals surface area contributed by atoms with E-state index < -0.39 is 0 Å². The Morgan fingerprint density at radius 1 is 1.17 bits per heavy atom. The number of hydrogen-bond acceptors (Lipinski definition) is 2. The number of nitrogens with one attached hydrogen (secondary N) is 2. The van der Waals surface area contributed by atoms with Crippen molar-refractivity contribution >= 4 is 11.6 Å². The Morgan fingerprint density at radius 3 is 2.50 bits per heavy atom. The van der Waals surface area contributed by atoms with Crippen molar-refractivity contribution in [3.05, 3.63) is 47.1 Å². The molecule has 1 aromatic rings. The number of hydrogen-bond donors (Lipinski definition) is 2. The molecule has 2 rings (SSSR count). The van der Waals surface area contributed by atoms with Crippen LogP contribution in [-0.4, -0.2) is 0 Å². The third-order valence-corrected chi connectivity index (χ3v) is 2.04. The molecule has 1 atom stereocenters. The van der Waals surface area contributed by atoms with Gasteiger partial charge in [0.2, 0.25) is 0 Å². The Labute approximate surface area is 76.2 Å². The first-order valence-corrected chi connectivity index (χ1v) is 4.18. The van der Waals surface area contributed by atoms with Gasteiger partial charge in [-0.3, -0.25) is 0 Å². The molecule has 1 heterocycles. The van der Waals surface area contributed by atoms with Crippen molar-refractivity contribution in [1.29, 1.82) is 0 Å². The Morgan fingerprint density at radius 2 is 1.92 bits per heavy atom. The van der Waals surface area contributed by atoms with Crippen LogP contribution in [0.2, 0.25) is 0 Å². The van der Waals surface area contributed by atoms with Crippen LogP contribution in [0.5, 0.6) is 0 Å². The molecule has 2 N–H and O–H groups in total. The van der Waals surface area contributed by atoms with Gasteiger partial charge in [0, 0.05) is 0 Å². The van der Waals surface area contributed by atoms with Gasteiger partial charge in [-0.05, 0) is 11.6 Å². The fraction of sp³-hybridized carbons (Fsp3) is 0.111. The summed E-state index contributed by atoms with van der Waals surface area (Å²) >= 11 is 5.74. The molecule has 1 aliphatic heterocycles. The van der Waals surface area contributed by atoms with E-state index in [1.165, 1.54) is 5.56 Å². The van der Waals surface area contributed by atoms with Gasteiger partial charge in [0.1, 0.15) is 5.16 Å². The summed E-state index contributed by atoms with van der Waals surface area (Å²) in [6.07, 6.45) is 1.94. The van der Waals surface area contributed by atoms with Crippen molar-refractivity contribution in [2.75, 3.05) is 0 Å². The third-order valence-electron chi connectivity index (χ3n) is 1.82. The summed E-state index contributed by atoms with van der Waals surface area (Å²) in [6, 6.07) is 10.3. The van der Waals surface area contributed by atoms with Crippen LogP contribution in [0, 0.1) is 0 Å². The van der Waals surface area contributed by atoms with Crippen LogP contribution in [0.1, 0.15) is 11.6 Å². The van der Waals surface area contributed by atoms with Gasteiger partial charge in [0.25, 0.3) is 0 Å². The summed E-state index contributed by atoms with van der Waals surface area (Å²) in [4.78, 5) is 0. The third kappa shape index (κ3) is 1.44. The highest BCUT2D eigenvalue weighted by atomic mass is 35.5. The molecule has 0 radical (unpaired) electrons. The first kappa shape index (κ1) is 7.65. The molecule has 1 unspecified atom stereocenters. The summed E-state index contributed by atoms with van der Waals surface area (Å²) in [6.45, 7) is 0. The molecule has 1 aromatic carbocycles. The van der Waals surface area contributed by atoms with Crippen LogP contribution in [0.25, 0.3) is 0 Å². The van der Waals surface area contributed by atoms with Gasteiger partial charge in [0.15, 0.2) is 0 Å². The lowest BCUT2D eigenvalue weighted by Gasteiger charge is -2.07. The summed E-state index contributed by atoms with van der Waals surface area (Å²) in [5.74, 6) is 0. The van der Waals surface area contributed by atoms with Crippen molar-refractivity contribution < 1.29 is 0 Å². The molecule has 0 spiro atoms. The molecule has 0 bridgehead atoms. The molecule has 1 aliphatic rings. The van der Waals surface area contributed by atoms with E-state index in [4.69, 9.17) is 11.6 Å². The van der Waals surface area contributed by atoms with E-state index in [0.29, 0.717) is 5.16 Å². The minimum atomic E-state index is 0.193. The number of benzene rings is 1. The van der Waals surface area contributed by atoms with Crippen LogP contribution >= 0.6 is 11.6 Å². The van der Waals surface area contributed by atoms with E-state index in [0.717, 1.165) is 0 Å². The van der Waals surface area contributed by atoms with Gasteiger partial charge < -0.3 is 5.43 Å². The molecule has 0 saturated carbocycles. The van der Waals surface area contributed by atoms with Gasteiger partial charge in [0.05, 0.1) is 6.04 Å². The topological polar surface area (TPSA) is 24.1 Å². The molecular weight excluding hydrogens is 172 g/mol. The largest absolute Gasteiger partial charge is 0.311 e. The minimum Gasteiger partial charge on any atom is -0.311 e. The molecule has 0 fully saturated rings. The maximum atomic E-state index is 5.74. The number of rotatable bonds is 1. The summed E-state index contributed by atoms with van der Waals surface area (Å²) in [5, 5.41) is 0.656. The minimum absolute atomic E-state index is 0.193. The zero-order valence-corrected chi connectivity index (χ0v) is 7.18. The van der Waals surface area contributed by atoms with Crippen LogP contribution in [-0.2, 0) is 0 Å². The van der Waals surface area contributed by atoms with E-state index in [2.05, 4.69) is 23.0 Å². The second-order valence-corrected chi connectivity index (χ2v) is 3.08. The van der Waals surface area contributed by atoms with Crippen LogP contribution in [0.4, 0.5) is 0 Å². The van der Waals surface area contributed by atoms with Gasteiger partial charge >= 0.3 is 0 Å². The van der Waals surface area contributed by atoms with Crippen molar-refractivity contribution in [2.45, 2.75) is 6.04 Å². The first-order valence-electron chi connectivity index (χ1n) is 3.80. The Hall–Kier alpha value is -0.990. The SMILES string of the molecule is ClC1=CC(c2ccccc2)NN1. The number of hydrazine groups is 1. The lowest BCUT2D eigenvalue weighted by Crippen LogP contribution is -2.25. The average molecular weight is 181 g/mol. The maximum Gasteiger partial charge on any atom is 0.114 e. The monoisotopic (exact) mass is 180 g/mol. The average Bonchev–Trinajstić information content (AvgIpc) is 2.54. The maximum absolute atomic E-state index is 5.74. The first-order chi connectivity index (χ1) is 5.86. The van der Waals surface area contributed by atoms with Crippen molar-refractivity contribution in [2.24, 2.45) is 0 Å². The van der Waals surface area contributed by atoms with E-state index >= 15 is 0 Å². The second kappa shape index (κ2) is 3.17. The van der Waals surface area contributed by atoms with E-state index in [-0.39, 0.29) is 6.04 Å². The van der Waals surface area contributed by atoms with E-state index in [9.17, 15) is 0 Å². The highest BCUT2D eigenvalue weighted by Gasteiger charge is 2.13. The van der Waals surface area contributed by atoms with Crippen molar-refractivity contribution in [1.82, 2.24) is 10.9 Å². The van der Waals surface area contributed by atoms with Gasteiger partial charge in [-0.2, -0.15) is 0 Å². The lowest BCUT2D eigenvalue weighted by molar-refractivity contribution is 0.606. The fourth-order valence-electron chi connectivity index (χ4n) is 1.22. The standard InChI is InChI=1S/C9H9ClN2/c10-9-6-8(11-12-9)7-4-2-1-3-5-7/h1-6,8,11-12H. The zero-order valence-electron chi connectivity index (χ0n) is 6.42. The Kier molecular flexibility index (Phi) is 2.02. The van der Waals surface area contributed by atoms with Gasteiger partial charge in [-0.25, -0.2) is 5.43 Å². The summed E-state index contributed by atoms with van der Waals surface area (Å²) in [7, 11) is 0. The quantitative estimate of drug-likeness (QED) is 0.646. The Bertz CT molecular complexity index is 295. The van der Waals surface area contributed by atoms with Gasteiger partial charge in [-0.1, -0.05) is 41.9 Å². The smallest absolute Gasteiger partial charge is 0.114 e. The zero-order chi connectivity index (χ0) is 8.39. The lowest BCUT2D eigenvalue weighted by atomic mass is 10.1. The molecule has 3 heteroatoms. The molecule has 0 aromatic heterocycles. The molecule has 12 heavy (non-hydrogen) atoms. The number of halogens is 1. The van der Waals surface area contributed by atoms with Crippen molar-refractivity contribution in [3.63, 3.8) is 0 Å². The molecular formula is C9H9ClN2. The predicted molar refractivity (Wildman–Crippen MR) is 49.4 cm³/mol. The molecule has 62 valence electrons. The molecule has 2 nitrogen and oxygen atoms in total. The fourth-order valence-corrected chi connectivity index (χ4v) is 1.40. The van der Waals surface area contributed by atoms with Crippen LogP contribution in [0.15, 0.2) is 41.6 Å². The van der Waals surface area contributed by atoms with E-state index in [1.54, 1.807) is 0 Å².